The van der Waals surface area contributed by atoms with Crippen LogP contribution < -0.4 is 4.90 Å². The van der Waals surface area contributed by atoms with E-state index >= 15 is 0 Å². The van der Waals surface area contributed by atoms with Crippen molar-refractivity contribution in [3.63, 3.8) is 0 Å². The zero-order valence-electron chi connectivity index (χ0n) is 13.2. The predicted octanol–water partition coefficient (Wildman–Crippen LogP) is 4.01. The van der Waals surface area contributed by atoms with E-state index in [4.69, 9.17) is 0 Å². The lowest BCUT2D eigenvalue weighted by atomic mass is 9.94. The third kappa shape index (κ3) is 2.63. The van der Waals surface area contributed by atoms with Gasteiger partial charge in [0.2, 0.25) is 0 Å². The quantitative estimate of drug-likeness (QED) is 0.911. The summed E-state index contributed by atoms with van der Waals surface area (Å²) in [6.07, 6.45) is 0. The summed E-state index contributed by atoms with van der Waals surface area (Å²) in [6.45, 7) is 3.42. The molecule has 6 heteroatoms. The molecule has 0 saturated carbocycles. The van der Waals surface area contributed by atoms with Crippen molar-refractivity contribution in [3.05, 3.63) is 63.8 Å². The molecule has 1 amide bonds. The minimum Gasteiger partial charge on any atom is -0.503 e. The van der Waals surface area contributed by atoms with Gasteiger partial charge >= 0.3 is 0 Å². The number of benzene rings is 1. The molecule has 0 aliphatic carbocycles. The van der Waals surface area contributed by atoms with E-state index in [9.17, 15) is 19.1 Å². The number of carbonyl (C=O) groups excluding carboxylic acids is 2. The summed E-state index contributed by atoms with van der Waals surface area (Å²) in [7, 11) is 0. The number of hydrogen-bond acceptors (Lipinski definition) is 4. The molecule has 1 aromatic carbocycles. The van der Waals surface area contributed by atoms with Crippen LogP contribution in [0.15, 0.2) is 53.1 Å². The Morgan fingerprint density at radius 3 is 2.62 bits per heavy atom. The summed E-state index contributed by atoms with van der Waals surface area (Å²) in [4.78, 5) is 27.2. The Bertz CT molecular complexity index is 827. The summed E-state index contributed by atoms with van der Waals surface area (Å²) in [5, 5.41) is 12.2. The molecule has 0 spiro atoms. The highest BCUT2D eigenvalue weighted by molar-refractivity contribution is 7.10. The Balaban J connectivity index is 2.17. The van der Waals surface area contributed by atoms with Gasteiger partial charge in [0.15, 0.2) is 11.5 Å². The first kappa shape index (κ1) is 16.4. The normalized spacial score (nSPS) is 17.9. The molecule has 1 aliphatic heterocycles. The molecule has 0 saturated heterocycles. The highest BCUT2D eigenvalue weighted by Crippen LogP contribution is 2.43. The fourth-order valence-electron chi connectivity index (χ4n) is 2.78. The third-order valence-corrected chi connectivity index (χ3v) is 4.82. The van der Waals surface area contributed by atoms with E-state index in [1.165, 1.54) is 34.4 Å². The number of thiophene rings is 1. The van der Waals surface area contributed by atoms with Crippen LogP contribution in [0.2, 0.25) is 0 Å². The van der Waals surface area contributed by atoms with Crippen LogP contribution in [0.3, 0.4) is 0 Å². The fourth-order valence-corrected chi connectivity index (χ4v) is 3.60. The summed E-state index contributed by atoms with van der Waals surface area (Å²) in [5.74, 6) is -2.41. The topological polar surface area (TPSA) is 57.6 Å². The SMILES string of the molecule is CC(C)C(=O)C1=C(O)C(=O)N(c2cccc(F)c2)C1c1cccs1. The first-order valence-corrected chi connectivity index (χ1v) is 8.39. The minimum atomic E-state index is -0.741. The fraction of sp³-hybridized carbons (Fsp3) is 0.222. The average Bonchev–Trinajstić information content (AvgIpc) is 3.14. The van der Waals surface area contributed by atoms with Gasteiger partial charge in [0.25, 0.3) is 5.91 Å². The lowest BCUT2D eigenvalue weighted by molar-refractivity contribution is -0.119. The summed E-state index contributed by atoms with van der Waals surface area (Å²) in [6, 6.07) is 8.42. The molecule has 4 nitrogen and oxygen atoms in total. The van der Waals surface area contributed by atoms with Crippen LogP contribution in [0.25, 0.3) is 0 Å². The molecule has 1 aromatic heterocycles. The number of aliphatic hydroxyl groups excluding tert-OH is 1. The Morgan fingerprint density at radius 2 is 2.04 bits per heavy atom. The molecule has 1 unspecified atom stereocenters. The van der Waals surface area contributed by atoms with E-state index in [1.807, 2.05) is 5.38 Å². The van der Waals surface area contributed by atoms with Crippen molar-refractivity contribution in [2.24, 2.45) is 5.92 Å². The van der Waals surface area contributed by atoms with Gasteiger partial charge in [-0.05, 0) is 29.6 Å². The number of amides is 1. The molecule has 1 N–H and O–H groups in total. The van der Waals surface area contributed by atoms with E-state index < -0.39 is 23.5 Å². The van der Waals surface area contributed by atoms with Crippen molar-refractivity contribution in [2.45, 2.75) is 19.9 Å². The summed E-state index contributed by atoms with van der Waals surface area (Å²) < 4.78 is 13.6. The van der Waals surface area contributed by atoms with Crippen molar-refractivity contribution in [1.29, 1.82) is 0 Å². The second-order valence-electron chi connectivity index (χ2n) is 5.85. The maximum absolute atomic E-state index is 13.6. The number of carbonyl (C=O) groups is 2. The van der Waals surface area contributed by atoms with Gasteiger partial charge in [0.05, 0.1) is 5.57 Å². The zero-order valence-corrected chi connectivity index (χ0v) is 14.0. The molecule has 0 radical (unpaired) electrons. The van der Waals surface area contributed by atoms with Crippen molar-refractivity contribution < 1.29 is 19.1 Å². The minimum absolute atomic E-state index is 0.0710. The van der Waals surface area contributed by atoms with Crippen LogP contribution >= 0.6 is 11.3 Å². The van der Waals surface area contributed by atoms with Gasteiger partial charge < -0.3 is 5.11 Å². The van der Waals surface area contributed by atoms with E-state index in [-0.39, 0.29) is 17.3 Å². The van der Waals surface area contributed by atoms with Crippen molar-refractivity contribution in [1.82, 2.24) is 0 Å². The van der Waals surface area contributed by atoms with Crippen LogP contribution in [0.4, 0.5) is 10.1 Å². The second-order valence-corrected chi connectivity index (χ2v) is 6.83. The van der Waals surface area contributed by atoms with Gasteiger partial charge in [0, 0.05) is 16.5 Å². The van der Waals surface area contributed by atoms with Gasteiger partial charge in [-0.1, -0.05) is 26.0 Å². The Morgan fingerprint density at radius 1 is 1.29 bits per heavy atom. The van der Waals surface area contributed by atoms with Gasteiger partial charge in [-0.25, -0.2) is 4.39 Å². The van der Waals surface area contributed by atoms with Gasteiger partial charge in [-0.15, -0.1) is 11.3 Å². The largest absolute Gasteiger partial charge is 0.503 e. The second kappa shape index (κ2) is 6.20. The molecule has 24 heavy (non-hydrogen) atoms. The number of anilines is 1. The zero-order chi connectivity index (χ0) is 17.4. The maximum Gasteiger partial charge on any atom is 0.294 e. The van der Waals surface area contributed by atoms with E-state index in [1.54, 1.807) is 32.0 Å². The Kier molecular flexibility index (Phi) is 4.24. The Hall–Kier alpha value is -2.47. The molecule has 124 valence electrons. The number of Topliss-reactive ketones (excluding diaryl/α,β-unsaturated/α-hetero) is 1. The molecule has 1 atom stereocenters. The molecule has 0 bridgehead atoms. The van der Waals surface area contributed by atoms with Crippen LogP contribution in [0.5, 0.6) is 0 Å². The average molecular weight is 345 g/mol. The molecule has 2 heterocycles. The Labute approximate surface area is 142 Å². The standard InChI is InChI=1S/C18H16FNO3S/c1-10(2)16(21)14-15(13-7-4-8-24-13)20(18(23)17(14)22)12-6-3-5-11(19)9-12/h3-10,15,22H,1-2H3. The van der Waals surface area contributed by atoms with Gasteiger partial charge in [-0.2, -0.15) is 0 Å². The van der Waals surface area contributed by atoms with Gasteiger partial charge in [-0.3, -0.25) is 14.5 Å². The number of ketones is 1. The highest BCUT2D eigenvalue weighted by Gasteiger charge is 2.45. The molecule has 0 fully saturated rings. The number of nitrogens with zero attached hydrogens (tertiary/aromatic N) is 1. The number of hydrogen-bond donors (Lipinski definition) is 1. The number of halogens is 1. The van der Waals surface area contributed by atoms with Crippen molar-refractivity contribution >= 4 is 28.7 Å². The molecular weight excluding hydrogens is 329 g/mol. The lowest BCUT2D eigenvalue weighted by Crippen LogP contribution is -2.31. The third-order valence-electron chi connectivity index (χ3n) is 3.90. The molecule has 3 rings (SSSR count). The van der Waals surface area contributed by atoms with Crippen LogP contribution in [0, 0.1) is 11.7 Å². The van der Waals surface area contributed by atoms with Crippen LogP contribution in [0.1, 0.15) is 24.8 Å². The highest BCUT2D eigenvalue weighted by atomic mass is 32.1. The lowest BCUT2D eigenvalue weighted by Gasteiger charge is -2.26. The number of rotatable bonds is 4. The summed E-state index contributed by atoms with van der Waals surface area (Å²) in [5.41, 5.74) is 0.373. The van der Waals surface area contributed by atoms with E-state index in [0.29, 0.717) is 5.69 Å². The van der Waals surface area contributed by atoms with Crippen molar-refractivity contribution in [2.75, 3.05) is 4.90 Å². The maximum atomic E-state index is 13.6. The smallest absolute Gasteiger partial charge is 0.294 e. The molecule has 2 aromatic rings. The van der Waals surface area contributed by atoms with E-state index in [2.05, 4.69) is 0 Å². The van der Waals surface area contributed by atoms with Crippen LogP contribution in [-0.2, 0) is 9.59 Å². The first-order chi connectivity index (χ1) is 11.4. The van der Waals surface area contributed by atoms with Gasteiger partial charge in [0.1, 0.15) is 11.9 Å². The predicted molar refractivity (Wildman–Crippen MR) is 90.4 cm³/mol. The molecular formula is C18H16FNO3S. The van der Waals surface area contributed by atoms with E-state index in [0.717, 1.165) is 4.88 Å². The molecule has 1 aliphatic rings. The first-order valence-electron chi connectivity index (χ1n) is 7.51. The van der Waals surface area contributed by atoms with Crippen molar-refractivity contribution in [3.8, 4) is 0 Å². The monoisotopic (exact) mass is 345 g/mol. The number of aliphatic hydroxyl groups is 1. The summed E-state index contributed by atoms with van der Waals surface area (Å²) >= 11 is 1.37. The van der Waals surface area contributed by atoms with Crippen LogP contribution in [-0.4, -0.2) is 16.8 Å².